The molecule has 4 aromatic rings. The van der Waals surface area contributed by atoms with Gasteiger partial charge in [0.1, 0.15) is 5.75 Å². The van der Waals surface area contributed by atoms with E-state index in [4.69, 9.17) is 15.1 Å². The van der Waals surface area contributed by atoms with Gasteiger partial charge < -0.3 is 10.5 Å². The van der Waals surface area contributed by atoms with Crippen molar-refractivity contribution >= 4 is 27.6 Å². The number of benzene rings is 2. The molecule has 0 saturated heterocycles. The van der Waals surface area contributed by atoms with E-state index < -0.39 is 0 Å². The van der Waals surface area contributed by atoms with Gasteiger partial charge in [0.15, 0.2) is 16.8 Å². The highest BCUT2D eigenvalue weighted by Crippen LogP contribution is 2.33. The highest BCUT2D eigenvalue weighted by atomic mass is 16.6. The van der Waals surface area contributed by atoms with Gasteiger partial charge in [0.05, 0.1) is 11.2 Å². The molecule has 0 radical (unpaired) electrons. The lowest BCUT2D eigenvalue weighted by Gasteiger charge is -2.08. The van der Waals surface area contributed by atoms with Gasteiger partial charge in [0.25, 0.3) is 0 Å². The fraction of sp³-hybridized carbons (Fsp3) is 0. The number of ether oxygens (including phenoxy) is 1. The fourth-order valence-corrected chi connectivity index (χ4v) is 2.23. The van der Waals surface area contributed by atoms with Crippen molar-refractivity contribution in [3.05, 3.63) is 48.7 Å². The Morgan fingerprint density at radius 3 is 2.76 bits per heavy atom. The number of fused-ring (bicyclic) bond motifs is 2. The molecule has 6 heteroatoms. The van der Waals surface area contributed by atoms with Crippen molar-refractivity contribution in [2.24, 2.45) is 0 Å². The molecule has 0 unspecified atom stereocenters. The number of hydrogen-bond acceptors (Lipinski definition) is 6. The summed E-state index contributed by atoms with van der Waals surface area (Å²) in [6, 6.07) is 13.0. The van der Waals surface area contributed by atoms with E-state index in [0.717, 1.165) is 10.9 Å². The molecule has 2 aromatic carbocycles. The lowest BCUT2D eigenvalue weighted by atomic mass is 10.2. The lowest BCUT2D eigenvalue weighted by molar-refractivity contribution is 0.314. The first-order valence-corrected chi connectivity index (χ1v) is 6.35. The molecule has 0 fully saturated rings. The topological polar surface area (TPSA) is 87.1 Å². The molecular weight excluding hydrogens is 268 g/mol. The zero-order valence-corrected chi connectivity index (χ0v) is 10.9. The smallest absolute Gasteiger partial charge is 0.179 e. The molecule has 4 rings (SSSR count). The number of aromatic nitrogens is 3. The quantitative estimate of drug-likeness (QED) is 0.567. The van der Waals surface area contributed by atoms with Gasteiger partial charge in [-0.2, -0.15) is 0 Å². The van der Waals surface area contributed by atoms with Gasteiger partial charge in [0.2, 0.25) is 0 Å². The zero-order chi connectivity index (χ0) is 14.2. The van der Waals surface area contributed by atoms with Crippen LogP contribution in [0, 0.1) is 0 Å². The highest BCUT2D eigenvalue weighted by Gasteiger charge is 2.13. The average molecular weight is 278 g/mol. The van der Waals surface area contributed by atoms with Gasteiger partial charge in [-0.1, -0.05) is 6.07 Å². The van der Waals surface area contributed by atoms with E-state index in [9.17, 15) is 0 Å². The fourth-order valence-electron chi connectivity index (χ4n) is 2.23. The Morgan fingerprint density at radius 1 is 0.905 bits per heavy atom. The third-order valence-corrected chi connectivity index (χ3v) is 3.24. The Hall–Kier alpha value is -3.15. The number of nitrogens with two attached hydrogens (primary N) is 1. The van der Waals surface area contributed by atoms with Crippen molar-refractivity contribution in [2.45, 2.75) is 0 Å². The van der Waals surface area contributed by atoms with E-state index in [1.54, 1.807) is 18.3 Å². The molecule has 0 aliphatic heterocycles. The number of rotatable bonds is 2. The van der Waals surface area contributed by atoms with Crippen LogP contribution in [0.25, 0.3) is 21.9 Å². The van der Waals surface area contributed by atoms with E-state index in [-0.39, 0.29) is 0 Å². The third-order valence-electron chi connectivity index (χ3n) is 3.24. The largest absolute Gasteiger partial charge is 0.454 e. The Morgan fingerprint density at radius 2 is 1.81 bits per heavy atom. The zero-order valence-electron chi connectivity index (χ0n) is 10.9. The first-order valence-electron chi connectivity index (χ1n) is 6.35. The van der Waals surface area contributed by atoms with Crippen LogP contribution in [-0.2, 0) is 0 Å². The first-order chi connectivity index (χ1) is 10.3. The maximum atomic E-state index is 5.96. The monoisotopic (exact) mass is 278 g/mol. The van der Waals surface area contributed by atoms with Gasteiger partial charge in [-0.3, -0.25) is 4.98 Å². The Labute approximate surface area is 119 Å². The number of nitrogens with zero attached hydrogens (tertiary/aromatic N) is 3. The van der Waals surface area contributed by atoms with Crippen LogP contribution in [0.2, 0.25) is 0 Å². The van der Waals surface area contributed by atoms with Gasteiger partial charge in [-0.25, -0.2) is 4.63 Å². The maximum Gasteiger partial charge on any atom is 0.179 e. The van der Waals surface area contributed by atoms with Crippen LogP contribution in [0.1, 0.15) is 0 Å². The van der Waals surface area contributed by atoms with Gasteiger partial charge in [0, 0.05) is 11.6 Å². The van der Waals surface area contributed by atoms with Crippen molar-refractivity contribution in [3.8, 4) is 11.5 Å². The normalized spacial score (nSPS) is 11.0. The summed E-state index contributed by atoms with van der Waals surface area (Å²) in [5.41, 5.74) is 8.17. The van der Waals surface area contributed by atoms with E-state index in [0.29, 0.717) is 28.2 Å². The highest BCUT2D eigenvalue weighted by molar-refractivity contribution is 5.91. The summed E-state index contributed by atoms with van der Waals surface area (Å²) >= 11 is 0. The molecule has 0 saturated carbocycles. The van der Waals surface area contributed by atoms with Gasteiger partial charge in [-0.15, -0.1) is 0 Å². The van der Waals surface area contributed by atoms with Crippen LogP contribution >= 0.6 is 0 Å². The molecule has 102 valence electrons. The van der Waals surface area contributed by atoms with Crippen LogP contribution < -0.4 is 10.5 Å². The standard InChI is InChI=1S/C15H10N4O2/c16-10-6-7-13(15-14(10)18-21-19-15)20-12-5-1-4-11-9(12)3-2-8-17-11/h1-8H,16H2. The van der Waals surface area contributed by atoms with Crippen molar-refractivity contribution in [3.63, 3.8) is 0 Å². The summed E-state index contributed by atoms with van der Waals surface area (Å²) < 4.78 is 10.7. The predicted molar refractivity (Wildman–Crippen MR) is 78.0 cm³/mol. The average Bonchev–Trinajstić information content (AvgIpc) is 3.01. The van der Waals surface area contributed by atoms with E-state index in [1.807, 2.05) is 30.3 Å². The molecule has 2 heterocycles. The Balaban J connectivity index is 1.87. The minimum absolute atomic E-state index is 0.492. The second-order valence-electron chi connectivity index (χ2n) is 4.54. The summed E-state index contributed by atoms with van der Waals surface area (Å²) in [4.78, 5) is 4.30. The molecule has 2 aromatic heterocycles. The van der Waals surface area contributed by atoms with Crippen LogP contribution in [0.15, 0.2) is 53.3 Å². The number of hydrogen-bond donors (Lipinski definition) is 1. The molecule has 0 bridgehead atoms. The van der Waals surface area contributed by atoms with Gasteiger partial charge in [-0.05, 0) is 46.7 Å². The van der Waals surface area contributed by atoms with Crippen molar-refractivity contribution in [1.29, 1.82) is 0 Å². The Bertz CT molecular complexity index is 943. The second kappa shape index (κ2) is 4.45. The molecular formula is C15H10N4O2. The van der Waals surface area contributed by atoms with Crippen LogP contribution in [0.3, 0.4) is 0 Å². The molecule has 0 atom stereocenters. The molecule has 0 aliphatic carbocycles. The molecule has 21 heavy (non-hydrogen) atoms. The molecule has 6 nitrogen and oxygen atoms in total. The molecule has 0 aliphatic rings. The third kappa shape index (κ3) is 1.85. The molecule has 0 spiro atoms. The summed E-state index contributed by atoms with van der Waals surface area (Å²) in [5, 5.41) is 8.55. The predicted octanol–water partition coefficient (Wildman–Crippen LogP) is 3.15. The van der Waals surface area contributed by atoms with E-state index >= 15 is 0 Å². The molecule has 2 N–H and O–H groups in total. The maximum absolute atomic E-state index is 5.96. The van der Waals surface area contributed by atoms with Crippen LogP contribution in [-0.4, -0.2) is 15.3 Å². The summed E-state index contributed by atoms with van der Waals surface area (Å²) in [7, 11) is 0. The van der Waals surface area contributed by atoms with Crippen molar-refractivity contribution in [1.82, 2.24) is 15.3 Å². The van der Waals surface area contributed by atoms with Crippen molar-refractivity contribution in [2.75, 3.05) is 5.73 Å². The van der Waals surface area contributed by atoms with Crippen molar-refractivity contribution < 1.29 is 9.37 Å². The van der Waals surface area contributed by atoms with Gasteiger partial charge >= 0.3 is 0 Å². The number of pyridine rings is 1. The van der Waals surface area contributed by atoms with Crippen LogP contribution in [0.5, 0.6) is 11.5 Å². The minimum atomic E-state index is 0.492. The molecule has 0 amide bonds. The van der Waals surface area contributed by atoms with E-state index in [2.05, 4.69) is 15.3 Å². The Kier molecular flexibility index (Phi) is 2.47. The SMILES string of the molecule is Nc1ccc(Oc2cccc3ncccc23)c2nonc12. The summed E-state index contributed by atoms with van der Waals surface area (Å²) in [6.07, 6.45) is 1.75. The summed E-state index contributed by atoms with van der Waals surface area (Å²) in [6.45, 7) is 0. The number of nitrogen functional groups attached to an aromatic ring is 1. The second-order valence-corrected chi connectivity index (χ2v) is 4.54. The van der Waals surface area contributed by atoms with Crippen LogP contribution in [0.4, 0.5) is 5.69 Å². The van der Waals surface area contributed by atoms with E-state index in [1.165, 1.54) is 0 Å². The first kappa shape index (κ1) is 11.7. The number of anilines is 1. The minimum Gasteiger partial charge on any atom is -0.454 e. The summed E-state index contributed by atoms with van der Waals surface area (Å²) in [5.74, 6) is 1.23. The lowest BCUT2D eigenvalue weighted by Crippen LogP contribution is -1.91.